The van der Waals surface area contributed by atoms with Crippen LogP contribution in [-0.2, 0) is 6.42 Å². The lowest BCUT2D eigenvalue weighted by Gasteiger charge is -1.99. The van der Waals surface area contributed by atoms with Gasteiger partial charge in [-0.3, -0.25) is 0 Å². The third-order valence-corrected chi connectivity index (χ3v) is 3.80. The number of nitrogens with one attached hydrogen (secondary N) is 1. The molecule has 0 saturated carbocycles. The molecule has 0 bridgehead atoms. The van der Waals surface area contributed by atoms with Crippen LogP contribution in [0.25, 0.3) is 11.0 Å². The lowest BCUT2D eigenvalue weighted by Crippen LogP contribution is -1.94. The van der Waals surface area contributed by atoms with E-state index in [9.17, 15) is 4.79 Å². The SMILES string of the molecule is CCCCCCCCCc1nc2cc(C(=O)O)ccc2[nH]1. The summed E-state index contributed by atoms with van der Waals surface area (Å²) in [6, 6.07) is 5.03. The van der Waals surface area contributed by atoms with E-state index in [0.717, 1.165) is 29.7 Å². The predicted molar refractivity (Wildman–Crippen MR) is 84.8 cm³/mol. The molecule has 0 aliphatic rings. The Labute approximate surface area is 125 Å². The van der Waals surface area contributed by atoms with Crippen molar-refractivity contribution in [1.29, 1.82) is 0 Å². The van der Waals surface area contributed by atoms with Gasteiger partial charge in [0, 0.05) is 6.42 Å². The fraction of sp³-hybridized carbons (Fsp3) is 0.529. The molecule has 114 valence electrons. The minimum absolute atomic E-state index is 0.288. The lowest BCUT2D eigenvalue weighted by molar-refractivity contribution is 0.0697. The van der Waals surface area contributed by atoms with Crippen molar-refractivity contribution >= 4 is 17.0 Å². The second kappa shape index (κ2) is 7.81. The standard InChI is InChI=1S/C17H24N2O2/c1-2-3-4-5-6-7-8-9-16-18-14-11-10-13(17(20)21)12-15(14)19-16/h10-12H,2-9H2,1H3,(H,18,19)(H,20,21). The average molecular weight is 288 g/mol. The first-order valence-corrected chi connectivity index (χ1v) is 7.92. The number of hydrogen-bond acceptors (Lipinski definition) is 2. The molecule has 0 amide bonds. The Morgan fingerprint density at radius 3 is 2.57 bits per heavy atom. The molecule has 4 heteroatoms. The van der Waals surface area contributed by atoms with Crippen molar-refractivity contribution in [3.63, 3.8) is 0 Å². The topological polar surface area (TPSA) is 66.0 Å². The van der Waals surface area contributed by atoms with Crippen molar-refractivity contribution < 1.29 is 9.90 Å². The van der Waals surface area contributed by atoms with Gasteiger partial charge in [0.15, 0.2) is 0 Å². The number of fused-ring (bicyclic) bond motifs is 1. The number of aromatic carboxylic acids is 1. The molecule has 0 spiro atoms. The molecule has 0 fully saturated rings. The van der Waals surface area contributed by atoms with Crippen LogP contribution in [0.4, 0.5) is 0 Å². The molecule has 0 saturated heterocycles. The lowest BCUT2D eigenvalue weighted by atomic mass is 10.1. The Kier molecular flexibility index (Phi) is 5.78. The predicted octanol–water partition coefficient (Wildman–Crippen LogP) is 4.55. The molecule has 0 aliphatic carbocycles. The van der Waals surface area contributed by atoms with E-state index in [0.29, 0.717) is 0 Å². The number of carboxylic acids is 1. The molecule has 1 aromatic heterocycles. The van der Waals surface area contributed by atoms with Gasteiger partial charge in [-0.15, -0.1) is 0 Å². The van der Waals surface area contributed by atoms with Crippen LogP contribution >= 0.6 is 0 Å². The van der Waals surface area contributed by atoms with Gasteiger partial charge in [0.2, 0.25) is 0 Å². The molecule has 0 atom stereocenters. The van der Waals surface area contributed by atoms with Crippen LogP contribution in [0.5, 0.6) is 0 Å². The first kappa shape index (κ1) is 15.5. The van der Waals surface area contributed by atoms with Gasteiger partial charge < -0.3 is 10.1 Å². The van der Waals surface area contributed by atoms with E-state index in [1.807, 2.05) is 0 Å². The fourth-order valence-electron chi connectivity index (χ4n) is 2.56. The highest BCUT2D eigenvalue weighted by atomic mass is 16.4. The molecule has 4 nitrogen and oxygen atoms in total. The van der Waals surface area contributed by atoms with Crippen LogP contribution in [0.2, 0.25) is 0 Å². The number of carboxylic acid groups (broad SMARTS) is 1. The molecule has 0 unspecified atom stereocenters. The highest BCUT2D eigenvalue weighted by molar-refractivity contribution is 5.92. The van der Waals surface area contributed by atoms with E-state index in [4.69, 9.17) is 5.11 Å². The minimum atomic E-state index is -0.909. The molecular weight excluding hydrogens is 264 g/mol. The van der Waals surface area contributed by atoms with Gasteiger partial charge in [0.05, 0.1) is 16.6 Å². The largest absolute Gasteiger partial charge is 0.478 e. The van der Waals surface area contributed by atoms with E-state index in [-0.39, 0.29) is 5.56 Å². The minimum Gasteiger partial charge on any atom is -0.478 e. The number of nitrogens with zero attached hydrogens (tertiary/aromatic N) is 1. The highest BCUT2D eigenvalue weighted by Crippen LogP contribution is 2.16. The van der Waals surface area contributed by atoms with Gasteiger partial charge in [-0.2, -0.15) is 0 Å². The monoisotopic (exact) mass is 288 g/mol. The van der Waals surface area contributed by atoms with Crippen molar-refractivity contribution in [2.45, 2.75) is 58.3 Å². The maximum Gasteiger partial charge on any atom is 0.335 e. The van der Waals surface area contributed by atoms with Gasteiger partial charge in [0.25, 0.3) is 0 Å². The van der Waals surface area contributed by atoms with Crippen molar-refractivity contribution in [2.75, 3.05) is 0 Å². The molecule has 2 aromatic rings. The molecule has 0 aliphatic heterocycles. The number of H-pyrrole nitrogens is 1. The zero-order valence-corrected chi connectivity index (χ0v) is 12.7. The number of aromatic amines is 1. The molecule has 2 rings (SSSR count). The molecule has 1 heterocycles. The summed E-state index contributed by atoms with van der Waals surface area (Å²) >= 11 is 0. The Morgan fingerprint density at radius 2 is 1.86 bits per heavy atom. The van der Waals surface area contributed by atoms with Crippen molar-refractivity contribution in [1.82, 2.24) is 9.97 Å². The summed E-state index contributed by atoms with van der Waals surface area (Å²) < 4.78 is 0. The number of imidazole rings is 1. The number of aryl methyl sites for hydroxylation is 1. The zero-order chi connectivity index (χ0) is 15.1. The van der Waals surface area contributed by atoms with Crippen molar-refractivity contribution in [3.8, 4) is 0 Å². The maximum absolute atomic E-state index is 10.9. The fourth-order valence-corrected chi connectivity index (χ4v) is 2.56. The summed E-state index contributed by atoms with van der Waals surface area (Å²) in [5.41, 5.74) is 1.95. The summed E-state index contributed by atoms with van der Waals surface area (Å²) in [6.07, 6.45) is 9.91. The van der Waals surface area contributed by atoms with Crippen LogP contribution in [0.3, 0.4) is 0 Å². The number of rotatable bonds is 9. The van der Waals surface area contributed by atoms with Crippen LogP contribution in [-0.4, -0.2) is 21.0 Å². The van der Waals surface area contributed by atoms with Crippen molar-refractivity contribution in [3.05, 3.63) is 29.6 Å². The first-order chi connectivity index (χ1) is 10.2. The zero-order valence-electron chi connectivity index (χ0n) is 12.7. The number of hydrogen-bond donors (Lipinski definition) is 2. The number of unbranched alkanes of at least 4 members (excludes halogenated alkanes) is 6. The van der Waals surface area contributed by atoms with Crippen LogP contribution in [0.15, 0.2) is 18.2 Å². The summed E-state index contributed by atoms with van der Waals surface area (Å²) in [5.74, 6) is 0.0506. The molecule has 2 N–H and O–H groups in total. The van der Waals surface area contributed by atoms with E-state index in [2.05, 4.69) is 16.9 Å². The number of carbonyl (C=O) groups is 1. The van der Waals surface area contributed by atoms with Crippen LogP contribution < -0.4 is 0 Å². The highest BCUT2D eigenvalue weighted by Gasteiger charge is 2.07. The van der Waals surface area contributed by atoms with Crippen molar-refractivity contribution in [2.24, 2.45) is 0 Å². The average Bonchev–Trinajstić information content (AvgIpc) is 2.88. The first-order valence-electron chi connectivity index (χ1n) is 7.92. The van der Waals surface area contributed by atoms with Gasteiger partial charge in [-0.1, -0.05) is 45.4 Å². The Morgan fingerprint density at radius 1 is 1.14 bits per heavy atom. The van der Waals surface area contributed by atoms with E-state index in [1.165, 1.54) is 38.5 Å². The molecule has 21 heavy (non-hydrogen) atoms. The number of benzene rings is 1. The second-order valence-corrected chi connectivity index (χ2v) is 5.59. The maximum atomic E-state index is 10.9. The van der Waals surface area contributed by atoms with Gasteiger partial charge in [-0.25, -0.2) is 9.78 Å². The van der Waals surface area contributed by atoms with Gasteiger partial charge >= 0.3 is 5.97 Å². The summed E-state index contributed by atoms with van der Waals surface area (Å²) in [4.78, 5) is 18.7. The number of aromatic nitrogens is 2. The van der Waals surface area contributed by atoms with Gasteiger partial charge in [-0.05, 0) is 24.6 Å². The van der Waals surface area contributed by atoms with Gasteiger partial charge in [0.1, 0.15) is 5.82 Å². The third-order valence-electron chi connectivity index (χ3n) is 3.80. The molecule has 1 aromatic carbocycles. The quantitative estimate of drug-likeness (QED) is 0.665. The van der Waals surface area contributed by atoms with Crippen LogP contribution in [0.1, 0.15) is 68.1 Å². The van der Waals surface area contributed by atoms with E-state index >= 15 is 0 Å². The Hall–Kier alpha value is -1.84. The smallest absolute Gasteiger partial charge is 0.335 e. The summed E-state index contributed by atoms with van der Waals surface area (Å²) in [7, 11) is 0. The Balaban J connectivity index is 1.81. The molecular formula is C17H24N2O2. The summed E-state index contributed by atoms with van der Waals surface area (Å²) in [5, 5.41) is 8.98. The normalized spacial score (nSPS) is 11.1. The van der Waals surface area contributed by atoms with E-state index < -0.39 is 5.97 Å². The van der Waals surface area contributed by atoms with E-state index in [1.54, 1.807) is 18.2 Å². The van der Waals surface area contributed by atoms with Crippen LogP contribution in [0, 0.1) is 0 Å². The summed E-state index contributed by atoms with van der Waals surface area (Å²) in [6.45, 7) is 2.23. The second-order valence-electron chi connectivity index (χ2n) is 5.59. The molecule has 0 radical (unpaired) electrons. The third kappa shape index (κ3) is 4.59. The Bertz CT molecular complexity index is 589.